The molecule has 2 aromatic carbocycles. The van der Waals surface area contributed by atoms with Crippen LogP contribution in [0, 0.1) is 11.6 Å². The summed E-state index contributed by atoms with van der Waals surface area (Å²) < 4.78 is 60.3. The number of rotatable bonds is 6. The number of fused-ring (bicyclic) bond motifs is 1. The number of likely N-dealkylation sites (N-methyl/N-ethyl adjacent to an activating group) is 1. The molecule has 2 saturated heterocycles. The number of amidine groups is 1. The Hall–Kier alpha value is -3.72. The molecule has 0 aliphatic carbocycles. The summed E-state index contributed by atoms with van der Waals surface area (Å²) in [6.07, 6.45) is 4.08. The Kier molecular flexibility index (Phi) is 7.79. The van der Waals surface area contributed by atoms with Crippen molar-refractivity contribution in [2.75, 3.05) is 46.4 Å². The zero-order valence-corrected chi connectivity index (χ0v) is 24.4. The number of piperazine rings is 1. The number of nitrogens with zero attached hydrogens (tertiary/aromatic N) is 4. The number of aromatic amines is 1. The number of dihydropyridines is 1. The lowest BCUT2D eigenvalue weighted by Crippen LogP contribution is -2.60. The number of carbonyl (C=O) groups is 1. The molecule has 1 amide bonds. The first-order valence-electron chi connectivity index (χ1n) is 14.1. The van der Waals surface area contributed by atoms with E-state index in [0.717, 1.165) is 44.1 Å². The average Bonchev–Trinajstić information content (AvgIpc) is 3.41. The van der Waals surface area contributed by atoms with Gasteiger partial charge < -0.3 is 20.3 Å². The number of nitrogens with two attached hydrogens (primary N) is 1. The van der Waals surface area contributed by atoms with Crippen LogP contribution in [0.15, 0.2) is 63.3 Å². The fourth-order valence-corrected chi connectivity index (χ4v) is 7.23. The highest BCUT2D eigenvalue weighted by Crippen LogP contribution is 2.38. The van der Waals surface area contributed by atoms with Gasteiger partial charge in [0, 0.05) is 56.9 Å². The Morgan fingerprint density at radius 2 is 1.77 bits per heavy atom. The Bertz CT molecular complexity index is 1690. The number of aromatic nitrogens is 2. The molecule has 0 saturated carbocycles. The van der Waals surface area contributed by atoms with Gasteiger partial charge in [-0.05, 0) is 56.3 Å². The highest BCUT2D eigenvalue weighted by atomic mass is 32.2. The molecule has 2 fully saturated rings. The molecule has 14 heteroatoms. The van der Waals surface area contributed by atoms with Crippen molar-refractivity contribution in [1.29, 1.82) is 0 Å². The zero-order valence-electron chi connectivity index (χ0n) is 23.6. The van der Waals surface area contributed by atoms with E-state index in [1.165, 1.54) is 18.2 Å². The van der Waals surface area contributed by atoms with E-state index < -0.39 is 43.9 Å². The number of H-pyrrole nitrogens is 1. The standard InChI is InChI=1S/C29H33F2N7O4S/c1-37-8-10-38(11-9-37)25-4-7-29(27(32)39,28(34-25)33-20-5-12-42-13-6-20)26-23-17-21(2-3-24(23)35-36-26)43(40,41)22-15-18(30)14-19(31)16-22/h2-4,7,14-17,20,28,33H,5-6,8-13H2,1H3,(H2,32,39)(H,35,36). The molecule has 228 valence electrons. The third kappa shape index (κ3) is 5.44. The largest absolute Gasteiger partial charge is 0.381 e. The maximum Gasteiger partial charge on any atom is 0.237 e. The molecule has 6 rings (SSSR count). The highest BCUT2D eigenvalue weighted by Gasteiger charge is 2.49. The molecule has 2 unspecified atom stereocenters. The molecule has 0 spiro atoms. The summed E-state index contributed by atoms with van der Waals surface area (Å²) in [4.78, 5) is 22.2. The summed E-state index contributed by atoms with van der Waals surface area (Å²) in [6, 6.07) is 6.24. The molecule has 43 heavy (non-hydrogen) atoms. The molecule has 3 aliphatic rings. The summed E-state index contributed by atoms with van der Waals surface area (Å²) in [6.45, 7) is 4.39. The first kappa shape index (κ1) is 29.4. The van der Waals surface area contributed by atoms with Crippen molar-refractivity contribution in [2.24, 2.45) is 10.7 Å². The van der Waals surface area contributed by atoms with E-state index in [2.05, 4.69) is 32.4 Å². The van der Waals surface area contributed by atoms with E-state index in [0.29, 0.717) is 43.0 Å². The van der Waals surface area contributed by atoms with E-state index >= 15 is 0 Å². The quantitative estimate of drug-likeness (QED) is 0.381. The number of amides is 1. The van der Waals surface area contributed by atoms with E-state index in [-0.39, 0.29) is 16.6 Å². The van der Waals surface area contributed by atoms with E-state index in [1.807, 2.05) is 0 Å². The minimum Gasteiger partial charge on any atom is -0.381 e. The Morgan fingerprint density at radius 1 is 1.07 bits per heavy atom. The molecule has 3 aromatic rings. The second kappa shape index (κ2) is 11.4. The fourth-order valence-electron chi connectivity index (χ4n) is 5.90. The number of hydrogen-bond donors (Lipinski definition) is 3. The number of carbonyl (C=O) groups excluding carboxylic acids is 1. The van der Waals surface area contributed by atoms with Crippen molar-refractivity contribution in [1.82, 2.24) is 25.3 Å². The SMILES string of the molecule is CN1CCN(C2=NC(NC3CCOCC3)C(C(N)=O)(c3[nH]nc4ccc(S(=O)(=O)c5cc(F)cc(F)c5)cc34)C=C2)CC1. The summed E-state index contributed by atoms with van der Waals surface area (Å²) in [7, 11) is -2.27. The Balaban J connectivity index is 1.46. The average molecular weight is 614 g/mol. The summed E-state index contributed by atoms with van der Waals surface area (Å²) in [5, 5.41) is 11.1. The number of sulfone groups is 1. The molecule has 4 N–H and O–H groups in total. The lowest BCUT2D eigenvalue weighted by Gasteiger charge is -2.41. The first-order chi connectivity index (χ1) is 20.6. The van der Waals surface area contributed by atoms with Crippen molar-refractivity contribution in [3.63, 3.8) is 0 Å². The third-order valence-corrected chi connectivity index (χ3v) is 10.2. The van der Waals surface area contributed by atoms with Gasteiger partial charge in [-0.3, -0.25) is 15.2 Å². The van der Waals surface area contributed by atoms with Crippen LogP contribution in [0.3, 0.4) is 0 Å². The highest BCUT2D eigenvalue weighted by molar-refractivity contribution is 7.91. The molecule has 4 heterocycles. The van der Waals surface area contributed by atoms with Crippen LogP contribution in [0.5, 0.6) is 0 Å². The number of halogens is 2. The lowest BCUT2D eigenvalue weighted by atomic mass is 9.76. The van der Waals surface area contributed by atoms with Gasteiger partial charge in [0.1, 0.15) is 29.1 Å². The minimum atomic E-state index is -4.33. The Labute approximate surface area is 247 Å². The van der Waals surface area contributed by atoms with Gasteiger partial charge in [-0.15, -0.1) is 0 Å². The van der Waals surface area contributed by atoms with Crippen LogP contribution >= 0.6 is 0 Å². The Morgan fingerprint density at radius 3 is 2.44 bits per heavy atom. The number of hydrogen-bond acceptors (Lipinski definition) is 9. The summed E-state index contributed by atoms with van der Waals surface area (Å²) >= 11 is 0. The van der Waals surface area contributed by atoms with Gasteiger partial charge >= 0.3 is 0 Å². The molecule has 3 aliphatic heterocycles. The van der Waals surface area contributed by atoms with Crippen molar-refractivity contribution in [3.8, 4) is 0 Å². The normalized spacial score (nSPS) is 23.9. The van der Waals surface area contributed by atoms with Crippen molar-refractivity contribution >= 4 is 32.5 Å². The lowest BCUT2D eigenvalue weighted by molar-refractivity contribution is -0.123. The van der Waals surface area contributed by atoms with Crippen molar-refractivity contribution in [2.45, 2.75) is 40.3 Å². The third-order valence-electron chi connectivity index (χ3n) is 8.43. The van der Waals surface area contributed by atoms with E-state index in [9.17, 15) is 22.0 Å². The maximum absolute atomic E-state index is 13.9. The summed E-state index contributed by atoms with van der Waals surface area (Å²) in [5.41, 5.74) is 5.26. The molecule has 1 aromatic heterocycles. The van der Waals surface area contributed by atoms with Gasteiger partial charge in [-0.1, -0.05) is 6.08 Å². The topological polar surface area (TPSA) is 146 Å². The van der Waals surface area contributed by atoms with Crippen LogP contribution < -0.4 is 11.1 Å². The predicted octanol–water partition coefficient (Wildman–Crippen LogP) is 1.71. The van der Waals surface area contributed by atoms with E-state index in [4.69, 9.17) is 15.5 Å². The zero-order chi connectivity index (χ0) is 30.4. The monoisotopic (exact) mass is 613 g/mol. The summed E-state index contributed by atoms with van der Waals surface area (Å²) in [5.74, 6) is -2.02. The molecular weight excluding hydrogens is 580 g/mol. The van der Waals surface area contributed by atoms with Gasteiger partial charge in [0.05, 0.1) is 21.0 Å². The predicted molar refractivity (Wildman–Crippen MR) is 155 cm³/mol. The number of aliphatic imine (C=N–C) groups is 1. The van der Waals surface area contributed by atoms with Crippen molar-refractivity contribution < 1.29 is 26.7 Å². The number of primary amides is 1. The maximum atomic E-state index is 13.9. The van der Waals surface area contributed by atoms with Gasteiger partial charge in [0.15, 0.2) is 0 Å². The van der Waals surface area contributed by atoms with Gasteiger partial charge in [-0.2, -0.15) is 5.10 Å². The van der Waals surface area contributed by atoms with Crippen LogP contribution in [-0.2, 0) is 24.8 Å². The smallest absolute Gasteiger partial charge is 0.237 e. The fraction of sp³-hybridized carbons (Fsp3) is 0.414. The van der Waals surface area contributed by atoms with Crippen LogP contribution in [0.25, 0.3) is 10.9 Å². The number of nitrogens with one attached hydrogen (secondary N) is 2. The molecule has 2 atom stereocenters. The first-order valence-corrected chi connectivity index (χ1v) is 15.6. The minimum absolute atomic E-state index is 0.00513. The molecule has 0 radical (unpaired) electrons. The van der Waals surface area contributed by atoms with Crippen LogP contribution in [0.2, 0.25) is 0 Å². The van der Waals surface area contributed by atoms with Gasteiger partial charge in [0.25, 0.3) is 0 Å². The molecular formula is C29H33F2N7O4S. The number of benzene rings is 2. The molecule has 0 bridgehead atoms. The van der Waals surface area contributed by atoms with Crippen LogP contribution in [0.1, 0.15) is 18.5 Å². The van der Waals surface area contributed by atoms with E-state index in [1.54, 1.807) is 12.2 Å². The van der Waals surface area contributed by atoms with Gasteiger partial charge in [0.2, 0.25) is 15.7 Å². The van der Waals surface area contributed by atoms with Crippen molar-refractivity contribution in [3.05, 3.63) is 65.9 Å². The van der Waals surface area contributed by atoms with Crippen LogP contribution in [0.4, 0.5) is 8.78 Å². The number of ether oxygens (including phenoxy) is 1. The second-order valence-electron chi connectivity index (χ2n) is 11.2. The van der Waals surface area contributed by atoms with Crippen LogP contribution in [-0.4, -0.2) is 98.8 Å². The second-order valence-corrected chi connectivity index (χ2v) is 13.1. The molecule has 11 nitrogen and oxygen atoms in total. The van der Waals surface area contributed by atoms with Gasteiger partial charge in [-0.25, -0.2) is 22.2 Å².